The van der Waals surface area contributed by atoms with Crippen LogP contribution >= 0.6 is 31.9 Å². The molecule has 0 aliphatic heterocycles. The highest BCUT2D eigenvalue weighted by atomic mass is 79.9. The predicted octanol–water partition coefficient (Wildman–Crippen LogP) is 4.99. The van der Waals surface area contributed by atoms with E-state index in [0.717, 1.165) is 15.4 Å². The van der Waals surface area contributed by atoms with Crippen molar-refractivity contribution < 1.29 is 9.53 Å². The summed E-state index contributed by atoms with van der Waals surface area (Å²) in [5, 5.41) is 2.95. The van der Waals surface area contributed by atoms with Crippen molar-refractivity contribution >= 4 is 37.8 Å². The number of carbonyl (C=O) groups excluding carboxylic acids is 1. The first-order valence-electron chi connectivity index (χ1n) is 7.63. The van der Waals surface area contributed by atoms with E-state index in [4.69, 9.17) is 4.74 Å². The van der Waals surface area contributed by atoms with Crippen LogP contribution in [0.2, 0.25) is 0 Å². The Morgan fingerprint density at radius 2 is 2.18 bits per heavy atom. The van der Waals surface area contributed by atoms with E-state index in [2.05, 4.69) is 43.3 Å². The minimum atomic E-state index is -0.516. The van der Waals surface area contributed by atoms with Gasteiger partial charge in [-0.25, -0.2) is 0 Å². The molecule has 0 spiro atoms. The van der Waals surface area contributed by atoms with Gasteiger partial charge in [-0.15, -0.1) is 0 Å². The van der Waals surface area contributed by atoms with E-state index in [-0.39, 0.29) is 5.91 Å². The fourth-order valence-corrected chi connectivity index (χ4v) is 3.58. The Morgan fingerprint density at radius 1 is 1.36 bits per heavy atom. The average molecular weight is 431 g/mol. The lowest BCUT2D eigenvalue weighted by Gasteiger charge is -2.17. The summed E-state index contributed by atoms with van der Waals surface area (Å²) in [6.07, 6.45) is 7.67. The fourth-order valence-electron chi connectivity index (χ4n) is 2.44. The number of nitrogens with one attached hydrogen (secondary N) is 1. The Labute approximate surface area is 148 Å². The van der Waals surface area contributed by atoms with Gasteiger partial charge in [0.05, 0.1) is 4.47 Å². The highest BCUT2D eigenvalue weighted by Gasteiger charge is 2.16. The summed E-state index contributed by atoms with van der Waals surface area (Å²) in [6, 6.07) is 5.63. The number of halogens is 2. The molecule has 0 aromatic heterocycles. The van der Waals surface area contributed by atoms with Gasteiger partial charge in [0.1, 0.15) is 5.75 Å². The topological polar surface area (TPSA) is 38.3 Å². The molecule has 1 aromatic carbocycles. The molecule has 0 bridgehead atoms. The van der Waals surface area contributed by atoms with E-state index in [1.165, 1.54) is 31.3 Å². The molecular formula is C17H21Br2NO2. The van der Waals surface area contributed by atoms with Gasteiger partial charge in [-0.05, 0) is 73.2 Å². The number of rotatable bonds is 6. The van der Waals surface area contributed by atoms with E-state index in [9.17, 15) is 4.79 Å². The van der Waals surface area contributed by atoms with E-state index >= 15 is 0 Å². The van der Waals surface area contributed by atoms with Crippen molar-refractivity contribution in [3.63, 3.8) is 0 Å². The first-order chi connectivity index (χ1) is 10.6. The second-order valence-electron chi connectivity index (χ2n) is 5.48. The molecule has 0 fully saturated rings. The molecule has 0 saturated carbocycles. The molecule has 0 heterocycles. The Kier molecular flexibility index (Phi) is 6.96. The number of hydrogen-bond donors (Lipinski definition) is 1. The number of ether oxygens (including phenoxy) is 1. The third-order valence-corrected chi connectivity index (χ3v) is 4.81. The summed E-state index contributed by atoms with van der Waals surface area (Å²) in [5.74, 6) is 0.590. The van der Waals surface area contributed by atoms with E-state index in [1.54, 1.807) is 6.92 Å². The van der Waals surface area contributed by atoms with Crippen LogP contribution < -0.4 is 10.1 Å². The molecule has 1 N–H and O–H groups in total. The molecule has 0 radical (unpaired) electrons. The Hall–Kier alpha value is -0.810. The zero-order chi connectivity index (χ0) is 15.9. The van der Waals surface area contributed by atoms with Gasteiger partial charge < -0.3 is 10.1 Å². The van der Waals surface area contributed by atoms with Crippen molar-refractivity contribution in [3.05, 3.63) is 38.8 Å². The number of allylic oxidation sites excluding steroid dienone is 1. The standard InChI is InChI=1S/C17H21Br2NO2/c1-12(22-16-8-7-14(18)11-15(16)19)17(21)20-10-9-13-5-3-2-4-6-13/h5,7-8,11-12H,2-4,6,9-10H2,1H3,(H,20,21). The lowest BCUT2D eigenvalue weighted by Crippen LogP contribution is -2.37. The van der Waals surface area contributed by atoms with Crippen molar-refractivity contribution in [1.82, 2.24) is 5.32 Å². The second-order valence-corrected chi connectivity index (χ2v) is 7.25. The molecule has 120 valence electrons. The van der Waals surface area contributed by atoms with Gasteiger partial charge in [0.15, 0.2) is 6.10 Å². The normalized spacial score (nSPS) is 15.9. The maximum absolute atomic E-state index is 12.1. The van der Waals surface area contributed by atoms with Crippen LogP contribution in [0.25, 0.3) is 0 Å². The minimum absolute atomic E-state index is 0.0776. The predicted molar refractivity (Wildman–Crippen MR) is 96.1 cm³/mol. The third kappa shape index (κ3) is 5.43. The Bertz CT molecular complexity index is 558. The van der Waals surface area contributed by atoms with Gasteiger partial charge in [-0.1, -0.05) is 27.6 Å². The van der Waals surface area contributed by atoms with Crippen LogP contribution in [0.5, 0.6) is 5.75 Å². The van der Waals surface area contributed by atoms with Crippen LogP contribution in [0.15, 0.2) is 38.8 Å². The van der Waals surface area contributed by atoms with E-state index < -0.39 is 6.10 Å². The Morgan fingerprint density at radius 3 is 2.86 bits per heavy atom. The van der Waals surface area contributed by atoms with Gasteiger partial charge in [-0.2, -0.15) is 0 Å². The molecule has 0 saturated heterocycles. The van der Waals surface area contributed by atoms with Gasteiger partial charge in [0.25, 0.3) is 5.91 Å². The zero-order valence-electron chi connectivity index (χ0n) is 12.7. The largest absolute Gasteiger partial charge is 0.480 e. The number of hydrogen-bond acceptors (Lipinski definition) is 2. The first kappa shape index (κ1) is 17.5. The molecule has 1 unspecified atom stereocenters. The summed E-state index contributed by atoms with van der Waals surface area (Å²) < 4.78 is 7.50. The SMILES string of the molecule is CC(Oc1ccc(Br)cc1Br)C(=O)NCCC1=CCCCC1. The van der Waals surface area contributed by atoms with Crippen LogP contribution in [0.1, 0.15) is 39.0 Å². The molecule has 22 heavy (non-hydrogen) atoms. The summed E-state index contributed by atoms with van der Waals surface area (Å²) in [4.78, 5) is 12.1. The molecule has 5 heteroatoms. The molecule has 3 nitrogen and oxygen atoms in total. The van der Waals surface area contributed by atoms with Crippen LogP contribution in [-0.2, 0) is 4.79 Å². The van der Waals surface area contributed by atoms with Crippen LogP contribution in [0.3, 0.4) is 0 Å². The van der Waals surface area contributed by atoms with Crippen LogP contribution in [0.4, 0.5) is 0 Å². The Balaban J connectivity index is 1.78. The van der Waals surface area contributed by atoms with Gasteiger partial charge >= 0.3 is 0 Å². The number of amides is 1. The molecule has 2 rings (SSSR count). The number of benzene rings is 1. The highest BCUT2D eigenvalue weighted by Crippen LogP contribution is 2.29. The monoisotopic (exact) mass is 429 g/mol. The summed E-state index contributed by atoms with van der Waals surface area (Å²) in [7, 11) is 0. The molecule has 1 aliphatic carbocycles. The van der Waals surface area contributed by atoms with Crippen LogP contribution in [-0.4, -0.2) is 18.6 Å². The average Bonchev–Trinajstić information content (AvgIpc) is 2.51. The quantitative estimate of drug-likeness (QED) is 0.645. The molecule has 1 amide bonds. The molecule has 1 atom stereocenters. The second kappa shape index (κ2) is 8.73. The lowest BCUT2D eigenvalue weighted by molar-refractivity contribution is -0.127. The number of carbonyl (C=O) groups is 1. The van der Waals surface area contributed by atoms with Gasteiger partial charge in [0, 0.05) is 11.0 Å². The maximum Gasteiger partial charge on any atom is 0.260 e. The summed E-state index contributed by atoms with van der Waals surface area (Å²) >= 11 is 6.83. The van der Waals surface area contributed by atoms with Crippen molar-refractivity contribution in [3.8, 4) is 5.75 Å². The van der Waals surface area contributed by atoms with Crippen molar-refractivity contribution in [2.24, 2.45) is 0 Å². The summed E-state index contributed by atoms with van der Waals surface area (Å²) in [5.41, 5.74) is 1.47. The highest BCUT2D eigenvalue weighted by molar-refractivity contribution is 9.11. The lowest BCUT2D eigenvalue weighted by atomic mass is 9.97. The molecular weight excluding hydrogens is 410 g/mol. The van der Waals surface area contributed by atoms with E-state index in [1.807, 2.05) is 18.2 Å². The van der Waals surface area contributed by atoms with Gasteiger partial charge in [0.2, 0.25) is 0 Å². The molecule has 1 aliphatic rings. The summed E-state index contributed by atoms with van der Waals surface area (Å²) in [6.45, 7) is 2.45. The smallest absolute Gasteiger partial charge is 0.260 e. The van der Waals surface area contributed by atoms with Crippen molar-refractivity contribution in [2.75, 3.05) is 6.54 Å². The van der Waals surface area contributed by atoms with Crippen molar-refractivity contribution in [2.45, 2.75) is 45.1 Å². The zero-order valence-corrected chi connectivity index (χ0v) is 15.9. The van der Waals surface area contributed by atoms with Gasteiger partial charge in [-0.3, -0.25) is 4.79 Å². The third-order valence-electron chi connectivity index (χ3n) is 3.70. The van der Waals surface area contributed by atoms with E-state index in [0.29, 0.717) is 12.3 Å². The maximum atomic E-state index is 12.1. The fraction of sp³-hybridized carbons (Fsp3) is 0.471. The van der Waals surface area contributed by atoms with Crippen molar-refractivity contribution in [1.29, 1.82) is 0 Å². The molecule has 1 aromatic rings. The van der Waals surface area contributed by atoms with Crippen LogP contribution in [0, 0.1) is 0 Å². The minimum Gasteiger partial charge on any atom is -0.480 e. The first-order valence-corrected chi connectivity index (χ1v) is 9.22.